The number of Topliss-reactive ketones (excluding diaryl/α,β-unsaturated/α-hetero) is 1. The Labute approximate surface area is 126 Å². The number of nitrogens with one attached hydrogen (secondary N) is 1. The van der Waals surface area contributed by atoms with Gasteiger partial charge in [-0.25, -0.2) is 4.98 Å². The van der Waals surface area contributed by atoms with Crippen molar-refractivity contribution < 1.29 is 9.59 Å². The van der Waals surface area contributed by atoms with Gasteiger partial charge >= 0.3 is 0 Å². The molecule has 0 aliphatic heterocycles. The highest BCUT2D eigenvalue weighted by molar-refractivity contribution is 7.17. The molecule has 1 aromatic carbocycles. The number of carbonyl (C=O) groups excluding carboxylic acids is 2. The van der Waals surface area contributed by atoms with Crippen LogP contribution in [0.2, 0.25) is 0 Å². The Bertz CT molecular complexity index is 691. The van der Waals surface area contributed by atoms with Crippen molar-refractivity contribution in [2.75, 3.05) is 5.32 Å². The van der Waals surface area contributed by atoms with Gasteiger partial charge in [-0.1, -0.05) is 23.5 Å². The SMILES string of the molecule is NCc1ccc(C(=O)Nc2nc3c(s2)C(=O)CCC3)cc1. The van der Waals surface area contributed by atoms with Crippen molar-refractivity contribution >= 4 is 28.2 Å². The zero-order chi connectivity index (χ0) is 14.8. The van der Waals surface area contributed by atoms with Crippen molar-refractivity contribution in [3.63, 3.8) is 0 Å². The highest BCUT2D eigenvalue weighted by Gasteiger charge is 2.22. The van der Waals surface area contributed by atoms with Crippen LogP contribution in [0.3, 0.4) is 0 Å². The lowest BCUT2D eigenvalue weighted by molar-refractivity contribution is 0.0975. The maximum atomic E-state index is 12.1. The molecule has 1 heterocycles. The maximum Gasteiger partial charge on any atom is 0.257 e. The van der Waals surface area contributed by atoms with Crippen molar-refractivity contribution in [2.24, 2.45) is 5.73 Å². The number of carbonyl (C=O) groups is 2. The molecule has 1 amide bonds. The molecule has 0 fully saturated rings. The van der Waals surface area contributed by atoms with Crippen molar-refractivity contribution in [1.29, 1.82) is 0 Å². The first kappa shape index (κ1) is 13.9. The van der Waals surface area contributed by atoms with Crippen molar-refractivity contribution in [3.8, 4) is 0 Å². The molecule has 21 heavy (non-hydrogen) atoms. The Hall–Kier alpha value is -2.05. The van der Waals surface area contributed by atoms with Gasteiger partial charge in [-0.15, -0.1) is 0 Å². The number of amides is 1. The second-order valence-corrected chi connectivity index (χ2v) is 5.93. The number of nitrogens with two attached hydrogens (primary N) is 1. The highest BCUT2D eigenvalue weighted by Crippen LogP contribution is 2.29. The molecule has 0 saturated carbocycles. The molecule has 0 bridgehead atoms. The predicted octanol–water partition coefficient (Wildman–Crippen LogP) is 2.37. The standard InChI is InChI=1S/C15H15N3O2S/c16-8-9-4-6-10(7-5-9)14(20)18-15-17-11-2-1-3-12(19)13(11)21-15/h4-7H,1-3,8,16H2,(H,17,18,20). The molecule has 5 nitrogen and oxygen atoms in total. The Kier molecular flexibility index (Phi) is 3.81. The molecule has 0 unspecified atom stereocenters. The van der Waals surface area contributed by atoms with Gasteiger partial charge in [0.2, 0.25) is 0 Å². The minimum atomic E-state index is -0.225. The first-order valence-electron chi connectivity index (χ1n) is 6.80. The largest absolute Gasteiger partial charge is 0.326 e. The third kappa shape index (κ3) is 2.86. The number of benzene rings is 1. The van der Waals surface area contributed by atoms with Crippen LogP contribution in [0.25, 0.3) is 0 Å². The van der Waals surface area contributed by atoms with Crippen molar-refractivity contribution in [1.82, 2.24) is 4.98 Å². The van der Waals surface area contributed by atoms with Gasteiger partial charge in [0.25, 0.3) is 5.91 Å². The summed E-state index contributed by atoms with van der Waals surface area (Å²) in [4.78, 5) is 29.0. The molecule has 1 aliphatic carbocycles. The summed E-state index contributed by atoms with van der Waals surface area (Å²) in [5.41, 5.74) is 7.86. The van der Waals surface area contributed by atoms with Gasteiger partial charge in [0, 0.05) is 18.5 Å². The van der Waals surface area contributed by atoms with Gasteiger partial charge < -0.3 is 5.73 Å². The summed E-state index contributed by atoms with van der Waals surface area (Å²) in [5, 5.41) is 3.25. The molecule has 2 aromatic rings. The Balaban J connectivity index is 1.76. The zero-order valence-corrected chi connectivity index (χ0v) is 12.2. The lowest BCUT2D eigenvalue weighted by atomic mass is 10.0. The minimum absolute atomic E-state index is 0.126. The van der Waals surface area contributed by atoms with Crippen LogP contribution in [-0.4, -0.2) is 16.7 Å². The third-order valence-corrected chi connectivity index (χ3v) is 4.49. The van der Waals surface area contributed by atoms with E-state index in [0.29, 0.717) is 28.5 Å². The van der Waals surface area contributed by atoms with E-state index in [1.54, 1.807) is 12.1 Å². The van der Waals surface area contributed by atoms with Gasteiger partial charge in [0.15, 0.2) is 10.9 Å². The minimum Gasteiger partial charge on any atom is -0.326 e. The molecule has 6 heteroatoms. The van der Waals surface area contributed by atoms with E-state index in [2.05, 4.69) is 10.3 Å². The smallest absolute Gasteiger partial charge is 0.257 e. The van der Waals surface area contributed by atoms with E-state index in [1.165, 1.54) is 11.3 Å². The third-order valence-electron chi connectivity index (χ3n) is 3.44. The van der Waals surface area contributed by atoms with Crippen molar-refractivity contribution in [2.45, 2.75) is 25.8 Å². The number of ketones is 1. The summed E-state index contributed by atoms with van der Waals surface area (Å²) < 4.78 is 0. The molecule has 0 spiro atoms. The number of nitrogens with zero attached hydrogens (tertiary/aromatic N) is 1. The van der Waals surface area contributed by atoms with E-state index in [9.17, 15) is 9.59 Å². The van der Waals surface area contributed by atoms with E-state index < -0.39 is 0 Å². The number of anilines is 1. The molecule has 3 N–H and O–H groups in total. The van der Waals surface area contributed by atoms with Crippen LogP contribution in [-0.2, 0) is 13.0 Å². The van der Waals surface area contributed by atoms with Crippen molar-refractivity contribution in [3.05, 3.63) is 46.0 Å². The summed E-state index contributed by atoms with van der Waals surface area (Å²) in [6.45, 7) is 0.448. The van der Waals surface area contributed by atoms with Gasteiger partial charge in [-0.2, -0.15) is 0 Å². The first-order chi connectivity index (χ1) is 10.2. The number of thiazole rings is 1. The molecule has 0 atom stereocenters. The number of hydrogen-bond acceptors (Lipinski definition) is 5. The number of aromatic nitrogens is 1. The molecule has 1 aromatic heterocycles. The molecule has 3 rings (SSSR count). The lowest BCUT2D eigenvalue weighted by Gasteiger charge is -2.05. The number of hydrogen-bond donors (Lipinski definition) is 2. The van der Waals surface area contributed by atoms with Crippen LogP contribution in [0.15, 0.2) is 24.3 Å². The summed E-state index contributed by atoms with van der Waals surface area (Å²) in [6.07, 6.45) is 2.21. The summed E-state index contributed by atoms with van der Waals surface area (Å²) in [7, 11) is 0. The average Bonchev–Trinajstić information content (AvgIpc) is 2.91. The van der Waals surface area contributed by atoms with Crippen LogP contribution in [0.4, 0.5) is 5.13 Å². The molecular weight excluding hydrogens is 286 g/mol. The topological polar surface area (TPSA) is 85.1 Å². The monoisotopic (exact) mass is 301 g/mol. The average molecular weight is 301 g/mol. The molecule has 0 saturated heterocycles. The predicted molar refractivity (Wildman–Crippen MR) is 81.7 cm³/mol. The molecule has 0 radical (unpaired) electrons. The van der Waals surface area contributed by atoms with E-state index in [1.807, 2.05) is 12.1 Å². The van der Waals surface area contributed by atoms with E-state index in [-0.39, 0.29) is 11.7 Å². The Morgan fingerprint density at radius 2 is 2.05 bits per heavy atom. The molecule has 108 valence electrons. The van der Waals surface area contributed by atoms with Crippen LogP contribution >= 0.6 is 11.3 Å². The molecular formula is C15H15N3O2S. The van der Waals surface area contributed by atoms with Crippen LogP contribution in [0.1, 0.15) is 44.1 Å². The van der Waals surface area contributed by atoms with Crippen LogP contribution in [0, 0.1) is 0 Å². The fraction of sp³-hybridized carbons (Fsp3) is 0.267. The fourth-order valence-electron chi connectivity index (χ4n) is 2.28. The number of aryl methyl sites for hydroxylation is 1. The summed E-state index contributed by atoms with van der Waals surface area (Å²) in [5.74, 6) is -0.0985. The summed E-state index contributed by atoms with van der Waals surface area (Å²) in [6, 6.07) is 7.11. The van der Waals surface area contributed by atoms with Gasteiger partial charge in [-0.05, 0) is 30.5 Å². The zero-order valence-electron chi connectivity index (χ0n) is 11.4. The van der Waals surface area contributed by atoms with Gasteiger partial charge in [0.05, 0.1) is 10.6 Å². The number of rotatable bonds is 3. The van der Waals surface area contributed by atoms with Gasteiger partial charge in [-0.3, -0.25) is 14.9 Å². The normalized spacial score (nSPS) is 13.9. The van der Waals surface area contributed by atoms with E-state index >= 15 is 0 Å². The fourth-order valence-corrected chi connectivity index (χ4v) is 3.26. The molecule has 1 aliphatic rings. The second-order valence-electron chi connectivity index (χ2n) is 4.93. The van der Waals surface area contributed by atoms with Crippen LogP contribution in [0.5, 0.6) is 0 Å². The number of fused-ring (bicyclic) bond motifs is 1. The highest BCUT2D eigenvalue weighted by atomic mass is 32.1. The van der Waals surface area contributed by atoms with Gasteiger partial charge in [0.1, 0.15) is 0 Å². The maximum absolute atomic E-state index is 12.1. The summed E-state index contributed by atoms with van der Waals surface area (Å²) >= 11 is 1.26. The Morgan fingerprint density at radius 1 is 1.29 bits per heavy atom. The van der Waals surface area contributed by atoms with Crippen LogP contribution < -0.4 is 11.1 Å². The Morgan fingerprint density at radius 3 is 2.71 bits per heavy atom. The van der Waals surface area contributed by atoms with E-state index in [0.717, 1.165) is 24.1 Å². The lowest BCUT2D eigenvalue weighted by Crippen LogP contribution is -2.12. The second kappa shape index (κ2) is 5.75. The quantitative estimate of drug-likeness (QED) is 0.911. The van der Waals surface area contributed by atoms with E-state index in [4.69, 9.17) is 5.73 Å². The first-order valence-corrected chi connectivity index (χ1v) is 7.62.